The quantitative estimate of drug-likeness (QED) is 0.709. The van der Waals surface area contributed by atoms with E-state index in [1.807, 2.05) is 0 Å². The molecule has 0 amide bonds. The molecular formula is C14H20N2. The third-order valence-electron chi connectivity index (χ3n) is 4.12. The van der Waals surface area contributed by atoms with Crippen LogP contribution in [0, 0.1) is 13.8 Å². The van der Waals surface area contributed by atoms with E-state index in [2.05, 4.69) is 36.2 Å². The molecule has 1 unspecified atom stereocenters. The van der Waals surface area contributed by atoms with Crippen LogP contribution in [-0.2, 0) is 13.0 Å². The van der Waals surface area contributed by atoms with Gasteiger partial charge < -0.3 is 5.32 Å². The second-order valence-electron chi connectivity index (χ2n) is 5.24. The SMILES string of the molecule is Cc1cc2c(cc1C)CN1CCNCC1C2. The van der Waals surface area contributed by atoms with Crippen LogP contribution in [0.5, 0.6) is 0 Å². The molecule has 16 heavy (non-hydrogen) atoms. The first-order valence-electron chi connectivity index (χ1n) is 6.28. The Balaban J connectivity index is 1.95. The molecule has 0 aromatic heterocycles. The van der Waals surface area contributed by atoms with Gasteiger partial charge in [0, 0.05) is 32.2 Å². The van der Waals surface area contributed by atoms with E-state index < -0.39 is 0 Å². The fourth-order valence-electron chi connectivity index (χ4n) is 2.96. The summed E-state index contributed by atoms with van der Waals surface area (Å²) in [6, 6.07) is 5.52. The maximum atomic E-state index is 3.50. The molecule has 2 aliphatic rings. The van der Waals surface area contributed by atoms with E-state index in [9.17, 15) is 0 Å². The van der Waals surface area contributed by atoms with Crippen molar-refractivity contribution in [2.75, 3.05) is 19.6 Å². The Labute approximate surface area is 97.6 Å². The molecule has 1 aromatic rings. The van der Waals surface area contributed by atoms with Crippen molar-refractivity contribution in [1.82, 2.24) is 10.2 Å². The zero-order chi connectivity index (χ0) is 11.1. The average Bonchev–Trinajstić information content (AvgIpc) is 2.28. The Bertz CT molecular complexity index is 372. The van der Waals surface area contributed by atoms with Gasteiger partial charge in [0.05, 0.1) is 0 Å². The summed E-state index contributed by atoms with van der Waals surface area (Å²) in [4.78, 5) is 2.63. The molecule has 0 spiro atoms. The van der Waals surface area contributed by atoms with Crippen LogP contribution in [-0.4, -0.2) is 30.6 Å². The van der Waals surface area contributed by atoms with Gasteiger partial charge in [0.2, 0.25) is 0 Å². The summed E-state index contributed by atoms with van der Waals surface area (Å²) in [5, 5.41) is 3.50. The Hall–Kier alpha value is -0.860. The molecule has 2 heteroatoms. The standard InChI is InChI=1S/C14H20N2/c1-10-5-12-7-14-8-15-3-4-16(14)9-13(12)6-11(10)2/h5-6,14-15H,3-4,7-9H2,1-2H3. The highest BCUT2D eigenvalue weighted by atomic mass is 15.2. The van der Waals surface area contributed by atoms with E-state index in [1.54, 1.807) is 11.1 Å². The molecule has 0 bridgehead atoms. The van der Waals surface area contributed by atoms with E-state index in [4.69, 9.17) is 0 Å². The number of benzene rings is 1. The predicted octanol–water partition coefficient (Wildman–Crippen LogP) is 1.63. The predicted molar refractivity (Wildman–Crippen MR) is 66.7 cm³/mol. The summed E-state index contributed by atoms with van der Waals surface area (Å²) >= 11 is 0. The van der Waals surface area contributed by atoms with Crippen molar-refractivity contribution < 1.29 is 0 Å². The van der Waals surface area contributed by atoms with Gasteiger partial charge in [-0.1, -0.05) is 12.1 Å². The summed E-state index contributed by atoms with van der Waals surface area (Å²) in [6.45, 7) is 9.11. The van der Waals surface area contributed by atoms with Crippen LogP contribution >= 0.6 is 0 Å². The Kier molecular flexibility index (Phi) is 2.49. The van der Waals surface area contributed by atoms with E-state index in [0.717, 1.165) is 25.7 Å². The number of fused-ring (bicyclic) bond motifs is 2. The molecule has 1 fully saturated rings. The van der Waals surface area contributed by atoms with Crippen molar-refractivity contribution in [2.45, 2.75) is 32.9 Å². The van der Waals surface area contributed by atoms with Gasteiger partial charge in [-0.05, 0) is 42.5 Å². The number of nitrogens with one attached hydrogen (secondary N) is 1. The summed E-state index contributed by atoms with van der Waals surface area (Å²) in [5.74, 6) is 0. The second kappa shape index (κ2) is 3.86. The molecule has 0 saturated carbocycles. The largest absolute Gasteiger partial charge is 0.314 e. The minimum atomic E-state index is 0.725. The molecular weight excluding hydrogens is 196 g/mol. The van der Waals surface area contributed by atoms with E-state index in [-0.39, 0.29) is 0 Å². The number of rotatable bonds is 0. The van der Waals surface area contributed by atoms with Crippen LogP contribution in [0.2, 0.25) is 0 Å². The zero-order valence-corrected chi connectivity index (χ0v) is 10.2. The van der Waals surface area contributed by atoms with Crippen molar-refractivity contribution in [3.63, 3.8) is 0 Å². The number of piperazine rings is 1. The van der Waals surface area contributed by atoms with Gasteiger partial charge in [0.25, 0.3) is 0 Å². The molecule has 2 aliphatic heterocycles. The fourth-order valence-corrected chi connectivity index (χ4v) is 2.96. The summed E-state index contributed by atoms with van der Waals surface area (Å²) in [5.41, 5.74) is 6.01. The molecule has 3 rings (SSSR count). The molecule has 1 atom stereocenters. The highest BCUT2D eigenvalue weighted by Crippen LogP contribution is 2.26. The topological polar surface area (TPSA) is 15.3 Å². The maximum Gasteiger partial charge on any atom is 0.0265 e. The zero-order valence-electron chi connectivity index (χ0n) is 10.2. The molecule has 1 N–H and O–H groups in total. The second-order valence-corrected chi connectivity index (χ2v) is 5.24. The number of hydrogen-bond acceptors (Lipinski definition) is 2. The Morgan fingerprint density at radius 3 is 2.75 bits per heavy atom. The van der Waals surface area contributed by atoms with Crippen LogP contribution < -0.4 is 5.32 Å². The van der Waals surface area contributed by atoms with E-state index in [0.29, 0.717) is 0 Å². The fraction of sp³-hybridized carbons (Fsp3) is 0.571. The lowest BCUT2D eigenvalue weighted by molar-refractivity contribution is 0.140. The van der Waals surface area contributed by atoms with Crippen molar-refractivity contribution in [2.24, 2.45) is 0 Å². The summed E-state index contributed by atoms with van der Waals surface area (Å²) in [7, 11) is 0. The van der Waals surface area contributed by atoms with Crippen molar-refractivity contribution in [3.05, 3.63) is 34.4 Å². The molecule has 0 aliphatic carbocycles. The van der Waals surface area contributed by atoms with Crippen LogP contribution in [0.3, 0.4) is 0 Å². The monoisotopic (exact) mass is 216 g/mol. The van der Waals surface area contributed by atoms with Gasteiger partial charge in [-0.25, -0.2) is 0 Å². The normalized spacial score (nSPS) is 25.0. The van der Waals surface area contributed by atoms with Crippen LogP contribution in [0.1, 0.15) is 22.3 Å². The maximum absolute atomic E-state index is 3.50. The van der Waals surface area contributed by atoms with E-state index in [1.165, 1.54) is 24.1 Å². The van der Waals surface area contributed by atoms with Crippen LogP contribution in [0.25, 0.3) is 0 Å². The lowest BCUT2D eigenvalue weighted by Crippen LogP contribution is -2.53. The first-order valence-corrected chi connectivity index (χ1v) is 6.28. The minimum absolute atomic E-state index is 0.725. The molecule has 0 radical (unpaired) electrons. The summed E-state index contributed by atoms with van der Waals surface area (Å²) < 4.78 is 0. The van der Waals surface area contributed by atoms with Gasteiger partial charge in [-0.3, -0.25) is 4.90 Å². The van der Waals surface area contributed by atoms with Crippen LogP contribution in [0.15, 0.2) is 12.1 Å². The third-order valence-corrected chi connectivity index (χ3v) is 4.12. The van der Waals surface area contributed by atoms with Gasteiger partial charge in [-0.15, -0.1) is 0 Å². The first-order chi connectivity index (χ1) is 7.74. The van der Waals surface area contributed by atoms with Crippen LogP contribution in [0.4, 0.5) is 0 Å². The number of nitrogens with zero attached hydrogens (tertiary/aromatic N) is 1. The van der Waals surface area contributed by atoms with Gasteiger partial charge in [0.1, 0.15) is 0 Å². The van der Waals surface area contributed by atoms with Crippen molar-refractivity contribution in [1.29, 1.82) is 0 Å². The Morgan fingerprint density at radius 1 is 1.19 bits per heavy atom. The molecule has 86 valence electrons. The number of aryl methyl sites for hydroxylation is 2. The summed E-state index contributed by atoms with van der Waals surface area (Å²) in [6.07, 6.45) is 1.23. The van der Waals surface area contributed by atoms with E-state index >= 15 is 0 Å². The van der Waals surface area contributed by atoms with Crippen molar-refractivity contribution in [3.8, 4) is 0 Å². The lowest BCUT2D eigenvalue weighted by atomic mass is 9.90. The molecule has 2 nitrogen and oxygen atoms in total. The lowest BCUT2D eigenvalue weighted by Gasteiger charge is -2.40. The van der Waals surface area contributed by atoms with Crippen molar-refractivity contribution >= 4 is 0 Å². The smallest absolute Gasteiger partial charge is 0.0265 e. The molecule has 2 heterocycles. The average molecular weight is 216 g/mol. The minimum Gasteiger partial charge on any atom is -0.314 e. The van der Waals surface area contributed by atoms with Gasteiger partial charge in [-0.2, -0.15) is 0 Å². The number of hydrogen-bond donors (Lipinski definition) is 1. The highest BCUT2D eigenvalue weighted by Gasteiger charge is 2.28. The van der Waals surface area contributed by atoms with Gasteiger partial charge in [0.15, 0.2) is 0 Å². The first kappa shape index (κ1) is 10.3. The van der Waals surface area contributed by atoms with Gasteiger partial charge >= 0.3 is 0 Å². The third kappa shape index (κ3) is 1.66. The Morgan fingerprint density at radius 2 is 1.94 bits per heavy atom. The molecule has 1 saturated heterocycles. The highest BCUT2D eigenvalue weighted by molar-refractivity contribution is 5.39. The molecule has 1 aromatic carbocycles.